The molecule has 1 aliphatic carbocycles. The van der Waals surface area contributed by atoms with Gasteiger partial charge in [-0.2, -0.15) is 0 Å². The summed E-state index contributed by atoms with van der Waals surface area (Å²) in [6.45, 7) is -0.848. The summed E-state index contributed by atoms with van der Waals surface area (Å²) in [6, 6.07) is 9.40. The number of thiazole rings is 1. The van der Waals surface area contributed by atoms with Crippen LogP contribution in [0, 0.1) is 5.92 Å². The molecule has 0 radical (unpaired) electrons. The number of nitrogens with zero attached hydrogens (tertiary/aromatic N) is 3. The number of likely N-dealkylation sites (tertiary alicyclic amines) is 2. The van der Waals surface area contributed by atoms with E-state index < -0.39 is 36.2 Å². The predicted molar refractivity (Wildman–Crippen MR) is 100 cm³/mol. The molecule has 5 nitrogen and oxygen atoms in total. The van der Waals surface area contributed by atoms with Crippen LogP contribution >= 0.6 is 11.3 Å². The number of halogens is 2. The molecule has 0 spiro atoms. The van der Waals surface area contributed by atoms with Crippen LogP contribution in [0.25, 0.3) is 10.6 Å². The second kappa shape index (κ2) is 6.07. The Morgan fingerprint density at radius 1 is 1.18 bits per heavy atom. The summed E-state index contributed by atoms with van der Waals surface area (Å²) in [5, 5.41) is 2.26. The van der Waals surface area contributed by atoms with Crippen LogP contribution in [0.5, 0.6) is 0 Å². The number of rotatable bonds is 4. The molecule has 8 heteroatoms. The number of alkyl halides is 2. The molecular weight excluding hydrogens is 384 g/mol. The second-order valence-corrected chi connectivity index (χ2v) is 8.82. The van der Waals surface area contributed by atoms with Crippen molar-refractivity contribution in [2.75, 3.05) is 26.2 Å². The lowest BCUT2D eigenvalue weighted by atomic mass is 9.93. The number of carbonyl (C=O) groups is 2. The quantitative estimate of drug-likeness (QED) is 0.789. The van der Waals surface area contributed by atoms with Gasteiger partial charge in [0.15, 0.2) is 5.67 Å². The van der Waals surface area contributed by atoms with Crippen molar-refractivity contribution in [2.45, 2.75) is 24.2 Å². The van der Waals surface area contributed by atoms with Crippen molar-refractivity contribution in [2.24, 2.45) is 5.92 Å². The fourth-order valence-electron chi connectivity index (χ4n) is 4.10. The van der Waals surface area contributed by atoms with E-state index in [-0.39, 0.29) is 12.2 Å². The molecule has 0 bridgehead atoms. The van der Waals surface area contributed by atoms with Crippen molar-refractivity contribution in [3.8, 4) is 10.6 Å². The summed E-state index contributed by atoms with van der Waals surface area (Å²) < 4.78 is 30.8. The van der Waals surface area contributed by atoms with E-state index in [0.29, 0.717) is 17.5 Å². The molecule has 28 heavy (non-hydrogen) atoms. The molecule has 0 unspecified atom stereocenters. The minimum atomic E-state index is -2.66. The van der Waals surface area contributed by atoms with E-state index in [1.54, 1.807) is 5.38 Å². The van der Waals surface area contributed by atoms with Gasteiger partial charge in [-0.15, -0.1) is 11.3 Å². The number of fused-ring (bicyclic) bond motifs is 1. The molecule has 0 N–H and O–H groups in total. The normalized spacial score (nSPS) is 29.4. The Kier molecular flexibility index (Phi) is 3.84. The Hall–Kier alpha value is -2.35. The van der Waals surface area contributed by atoms with Crippen LogP contribution in [0.4, 0.5) is 8.78 Å². The third kappa shape index (κ3) is 2.65. The molecule has 146 valence electrons. The number of amides is 2. The zero-order valence-electron chi connectivity index (χ0n) is 15.1. The van der Waals surface area contributed by atoms with Crippen molar-refractivity contribution in [3.63, 3.8) is 0 Å². The summed E-state index contributed by atoms with van der Waals surface area (Å²) >= 11 is 1.30. The molecule has 2 atom stereocenters. The van der Waals surface area contributed by atoms with Gasteiger partial charge in [0, 0.05) is 17.5 Å². The van der Waals surface area contributed by atoms with Crippen LogP contribution in [-0.4, -0.2) is 64.1 Å². The van der Waals surface area contributed by atoms with Gasteiger partial charge in [-0.3, -0.25) is 9.59 Å². The second-order valence-electron chi connectivity index (χ2n) is 7.96. The van der Waals surface area contributed by atoms with Crippen molar-refractivity contribution >= 4 is 23.2 Å². The third-order valence-electron chi connectivity index (χ3n) is 5.83. The fraction of sp³-hybridized carbons (Fsp3) is 0.450. The van der Waals surface area contributed by atoms with Gasteiger partial charge < -0.3 is 9.80 Å². The molecule has 2 amide bonds. The molecule has 5 rings (SSSR count). The van der Waals surface area contributed by atoms with E-state index >= 15 is 8.78 Å². The topological polar surface area (TPSA) is 53.5 Å². The summed E-state index contributed by atoms with van der Waals surface area (Å²) in [4.78, 5) is 32.1. The predicted octanol–water partition coefficient (Wildman–Crippen LogP) is 2.93. The van der Waals surface area contributed by atoms with Crippen molar-refractivity contribution < 1.29 is 18.4 Å². The van der Waals surface area contributed by atoms with Gasteiger partial charge in [-0.1, -0.05) is 30.3 Å². The van der Waals surface area contributed by atoms with Gasteiger partial charge in [-0.25, -0.2) is 13.8 Å². The molecule has 2 aliphatic heterocycles. The van der Waals surface area contributed by atoms with E-state index in [9.17, 15) is 9.59 Å². The molecule has 1 aromatic heterocycles. The van der Waals surface area contributed by atoms with Gasteiger partial charge in [0.05, 0.1) is 19.6 Å². The highest BCUT2D eigenvalue weighted by atomic mass is 32.1. The number of benzene rings is 1. The lowest BCUT2D eigenvalue weighted by Crippen LogP contribution is -2.47. The SMILES string of the molecule is O=C(c1csc(-c2ccccc2)n1)N1C[C@]2(F)CN(CC3CC3)C(=O)[C@]2(F)C1. The molecule has 3 aliphatic rings. The highest BCUT2D eigenvalue weighted by Crippen LogP contribution is 2.47. The smallest absolute Gasteiger partial charge is 0.273 e. The van der Waals surface area contributed by atoms with Gasteiger partial charge in [-0.05, 0) is 18.8 Å². The van der Waals surface area contributed by atoms with E-state index in [1.165, 1.54) is 16.2 Å². The Bertz CT molecular complexity index is 948. The molecule has 2 saturated heterocycles. The van der Waals surface area contributed by atoms with Gasteiger partial charge in [0.1, 0.15) is 10.7 Å². The lowest BCUT2D eigenvalue weighted by molar-refractivity contribution is -0.139. The molecular formula is C20H19F2N3O2S. The van der Waals surface area contributed by atoms with Crippen LogP contribution < -0.4 is 0 Å². The Labute approximate surface area is 165 Å². The van der Waals surface area contributed by atoms with Crippen molar-refractivity contribution in [1.82, 2.24) is 14.8 Å². The minimum Gasteiger partial charge on any atom is -0.336 e. The first-order chi connectivity index (χ1) is 13.4. The Balaban J connectivity index is 1.34. The maximum Gasteiger partial charge on any atom is 0.273 e. The average molecular weight is 403 g/mol. The molecule has 1 aromatic carbocycles. The van der Waals surface area contributed by atoms with Gasteiger partial charge in [0.2, 0.25) is 5.67 Å². The van der Waals surface area contributed by atoms with Gasteiger partial charge in [0.25, 0.3) is 11.8 Å². The first-order valence-electron chi connectivity index (χ1n) is 9.37. The fourth-order valence-corrected chi connectivity index (χ4v) is 4.90. The zero-order chi connectivity index (χ0) is 19.5. The van der Waals surface area contributed by atoms with Crippen LogP contribution in [0.3, 0.4) is 0 Å². The standard InChI is InChI=1S/C20H19F2N3O2S/c21-19-10-24(8-13-6-7-13)18(27)20(19,22)12-25(11-19)17(26)15-9-28-16(23-15)14-4-2-1-3-5-14/h1-5,9,13H,6-8,10-12H2/t19-,20-/m1/s1. The first kappa shape index (κ1) is 17.7. The Morgan fingerprint density at radius 2 is 1.93 bits per heavy atom. The summed E-state index contributed by atoms with van der Waals surface area (Å²) in [6.07, 6.45) is 2.00. The van der Waals surface area contributed by atoms with E-state index in [0.717, 1.165) is 23.3 Å². The zero-order valence-corrected chi connectivity index (χ0v) is 15.9. The molecule has 1 saturated carbocycles. The molecule has 3 heterocycles. The monoisotopic (exact) mass is 403 g/mol. The van der Waals surface area contributed by atoms with E-state index in [1.807, 2.05) is 30.3 Å². The van der Waals surface area contributed by atoms with Crippen LogP contribution in [-0.2, 0) is 4.79 Å². The largest absolute Gasteiger partial charge is 0.336 e. The molecule has 2 aromatic rings. The average Bonchev–Trinajstić information content (AvgIpc) is 3.23. The third-order valence-corrected chi connectivity index (χ3v) is 6.73. The number of hydrogen-bond acceptors (Lipinski definition) is 4. The van der Waals surface area contributed by atoms with Crippen molar-refractivity contribution in [3.05, 3.63) is 41.4 Å². The lowest BCUT2D eigenvalue weighted by Gasteiger charge is -2.22. The first-order valence-corrected chi connectivity index (χ1v) is 10.2. The summed E-state index contributed by atoms with van der Waals surface area (Å²) in [7, 11) is 0. The van der Waals surface area contributed by atoms with Crippen LogP contribution in [0.15, 0.2) is 35.7 Å². The highest BCUT2D eigenvalue weighted by Gasteiger charge is 2.72. The van der Waals surface area contributed by atoms with Crippen LogP contribution in [0.1, 0.15) is 23.3 Å². The van der Waals surface area contributed by atoms with E-state index in [2.05, 4.69) is 4.98 Å². The summed E-state index contributed by atoms with van der Waals surface area (Å²) in [5.74, 6) is -0.997. The Morgan fingerprint density at radius 3 is 2.61 bits per heavy atom. The van der Waals surface area contributed by atoms with Crippen molar-refractivity contribution in [1.29, 1.82) is 0 Å². The minimum absolute atomic E-state index is 0.151. The highest BCUT2D eigenvalue weighted by molar-refractivity contribution is 7.13. The number of carbonyl (C=O) groups excluding carboxylic acids is 2. The number of hydrogen-bond donors (Lipinski definition) is 0. The van der Waals surface area contributed by atoms with E-state index in [4.69, 9.17) is 0 Å². The van der Waals surface area contributed by atoms with Gasteiger partial charge >= 0.3 is 0 Å². The number of aromatic nitrogens is 1. The van der Waals surface area contributed by atoms with Crippen LogP contribution in [0.2, 0.25) is 0 Å². The maximum atomic E-state index is 15.4. The maximum absolute atomic E-state index is 15.4. The summed E-state index contributed by atoms with van der Waals surface area (Å²) in [5.41, 5.74) is -3.99. The molecule has 3 fully saturated rings.